The Balaban J connectivity index is 1.55. The Bertz CT molecular complexity index is 1810. The molecule has 2 heterocycles. The first-order valence-electron chi connectivity index (χ1n) is 15.2. The Morgan fingerprint density at radius 1 is 0.830 bits per heavy atom. The smallest absolute Gasteiger partial charge is 0.239 e. The van der Waals surface area contributed by atoms with Gasteiger partial charge < -0.3 is 43.1 Å². The second-order valence-corrected chi connectivity index (χ2v) is 10.6. The van der Waals surface area contributed by atoms with E-state index >= 15 is 0 Å². The molecule has 0 radical (unpaired) electrons. The molecule has 4 aromatic rings. The number of aliphatic hydroxyl groups is 1. The van der Waals surface area contributed by atoms with Crippen LogP contribution in [0.5, 0.6) is 40.2 Å². The molecule has 0 amide bonds. The molecule has 2 unspecified atom stereocenters. The van der Waals surface area contributed by atoms with Gasteiger partial charge in [-0.05, 0) is 49.6 Å². The summed E-state index contributed by atoms with van der Waals surface area (Å²) in [6.45, 7) is 11.8. The molecule has 2 atom stereocenters. The number of hydrogen-bond donors (Lipinski definition) is 2. The summed E-state index contributed by atoms with van der Waals surface area (Å²) in [4.78, 5) is 13.8. The summed E-state index contributed by atoms with van der Waals surface area (Å²) in [5.41, 5.74) is 0.724. The van der Waals surface area contributed by atoms with Crippen molar-refractivity contribution in [2.75, 3.05) is 33.5 Å². The molecule has 10 nitrogen and oxygen atoms in total. The van der Waals surface area contributed by atoms with Crippen molar-refractivity contribution in [1.29, 1.82) is 0 Å². The van der Waals surface area contributed by atoms with Crippen molar-refractivity contribution in [2.24, 2.45) is 0 Å². The van der Waals surface area contributed by atoms with Crippen LogP contribution in [-0.2, 0) is 0 Å². The van der Waals surface area contributed by atoms with E-state index in [-0.39, 0.29) is 41.4 Å². The Kier molecular flexibility index (Phi) is 10.7. The van der Waals surface area contributed by atoms with E-state index in [1.165, 1.54) is 6.07 Å². The standard InChI is InChI=1S/C37H38O10/c1-5-8-15-42-25-20-26(39)33-31(21-25)47-36(37(34(33)40)44-17-10-7-3)24-12-14-28-30(19-24)46-35(32(22-38)45-28)23-11-13-27(29(18-23)41-4)43-16-9-6-2/h5-7,11-14,18-21,32,35,38-39H,1-3,8-10,15-17,22H2,4H3. The van der Waals surface area contributed by atoms with Crippen LogP contribution in [0.25, 0.3) is 22.3 Å². The minimum Gasteiger partial charge on any atom is -0.507 e. The third-order valence-electron chi connectivity index (χ3n) is 7.42. The van der Waals surface area contributed by atoms with Crippen molar-refractivity contribution in [3.8, 4) is 51.6 Å². The normalized spacial score (nSPS) is 15.1. The molecule has 2 N–H and O–H groups in total. The lowest BCUT2D eigenvalue weighted by atomic mass is 10.0. The zero-order valence-electron chi connectivity index (χ0n) is 26.2. The van der Waals surface area contributed by atoms with Gasteiger partial charge >= 0.3 is 0 Å². The zero-order valence-corrected chi connectivity index (χ0v) is 26.2. The van der Waals surface area contributed by atoms with E-state index in [4.69, 9.17) is 32.8 Å². The molecule has 246 valence electrons. The average molecular weight is 643 g/mol. The molecule has 0 saturated carbocycles. The van der Waals surface area contributed by atoms with Gasteiger partial charge in [-0.25, -0.2) is 0 Å². The number of methoxy groups -OCH3 is 1. The summed E-state index contributed by atoms with van der Waals surface area (Å²) in [6, 6.07) is 13.4. The first-order chi connectivity index (χ1) is 22.9. The highest BCUT2D eigenvalue weighted by Gasteiger charge is 2.34. The van der Waals surface area contributed by atoms with E-state index in [2.05, 4.69) is 19.7 Å². The summed E-state index contributed by atoms with van der Waals surface area (Å²) in [5, 5.41) is 21.0. The van der Waals surface area contributed by atoms with E-state index in [1.807, 2.05) is 6.07 Å². The molecule has 0 bridgehead atoms. The second-order valence-electron chi connectivity index (χ2n) is 10.6. The fourth-order valence-electron chi connectivity index (χ4n) is 5.09. The number of fused-ring (bicyclic) bond motifs is 2. The van der Waals surface area contributed by atoms with E-state index in [1.54, 1.807) is 61.7 Å². The lowest BCUT2D eigenvalue weighted by Crippen LogP contribution is -2.36. The van der Waals surface area contributed by atoms with Crippen molar-refractivity contribution in [1.82, 2.24) is 0 Å². The topological polar surface area (TPSA) is 126 Å². The van der Waals surface area contributed by atoms with Gasteiger partial charge in [0.2, 0.25) is 11.2 Å². The van der Waals surface area contributed by atoms with Crippen LogP contribution in [0, 0.1) is 0 Å². The molecule has 0 aliphatic carbocycles. The fraction of sp³-hybridized carbons (Fsp3) is 0.270. The summed E-state index contributed by atoms with van der Waals surface area (Å²) in [6.07, 6.45) is 5.48. The summed E-state index contributed by atoms with van der Waals surface area (Å²) in [5.74, 6) is 1.91. The number of benzene rings is 3. The highest BCUT2D eigenvalue weighted by molar-refractivity contribution is 5.88. The monoisotopic (exact) mass is 642 g/mol. The number of phenols is 1. The van der Waals surface area contributed by atoms with Gasteiger partial charge in [0.25, 0.3) is 0 Å². The van der Waals surface area contributed by atoms with Gasteiger partial charge in [0.15, 0.2) is 41.0 Å². The molecule has 3 aromatic carbocycles. The maximum absolute atomic E-state index is 13.8. The van der Waals surface area contributed by atoms with Gasteiger partial charge in [-0.1, -0.05) is 24.3 Å². The van der Waals surface area contributed by atoms with Gasteiger partial charge in [-0.15, -0.1) is 19.7 Å². The minimum absolute atomic E-state index is 0.0346. The fourth-order valence-corrected chi connectivity index (χ4v) is 5.09. The van der Waals surface area contributed by atoms with E-state index in [9.17, 15) is 15.0 Å². The van der Waals surface area contributed by atoms with Crippen LogP contribution >= 0.6 is 0 Å². The summed E-state index contributed by atoms with van der Waals surface area (Å²) < 4.78 is 41.9. The van der Waals surface area contributed by atoms with Crippen LogP contribution in [0.3, 0.4) is 0 Å². The van der Waals surface area contributed by atoms with Crippen LogP contribution in [0.2, 0.25) is 0 Å². The molecule has 5 rings (SSSR count). The van der Waals surface area contributed by atoms with Crippen molar-refractivity contribution in [2.45, 2.75) is 31.5 Å². The maximum atomic E-state index is 13.8. The lowest BCUT2D eigenvalue weighted by Gasteiger charge is -2.33. The van der Waals surface area contributed by atoms with Crippen molar-refractivity contribution < 1.29 is 43.1 Å². The average Bonchev–Trinajstić information content (AvgIpc) is 3.08. The third kappa shape index (κ3) is 7.23. The largest absolute Gasteiger partial charge is 0.507 e. The minimum atomic E-state index is -0.718. The van der Waals surface area contributed by atoms with Gasteiger partial charge in [0.05, 0.1) is 33.5 Å². The Morgan fingerprint density at radius 3 is 2.26 bits per heavy atom. The number of hydrogen-bond acceptors (Lipinski definition) is 10. The van der Waals surface area contributed by atoms with E-state index in [0.717, 1.165) is 0 Å². The molecule has 1 aromatic heterocycles. The van der Waals surface area contributed by atoms with Gasteiger partial charge in [-0.2, -0.15) is 0 Å². The quantitative estimate of drug-likeness (QED) is 0.0983. The van der Waals surface area contributed by atoms with Crippen LogP contribution in [0.15, 0.2) is 95.7 Å². The van der Waals surface area contributed by atoms with E-state index < -0.39 is 17.6 Å². The van der Waals surface area contributed by atoms with E-state index in [0.29, 0.717) is 72.4 Å². The molecule has 0 saturated heterocycles. The first-order valence-corrected chi connectivity index (χ1v) is 15.2. The molecule has 1 aliphatic rings. The molecule has 10 heteroatoms. The van der Waals surface area contributed by atoms with Crippen molar-refractivity contribution in [3.05, 3.63) is 102 Å². The van der Waals surface area contributed by atoms with Gasteiger partial charge in [0.1, 0.15) is 22.5 Å². The molecule has 47 heavy (non-hydrogen) atoms. The maximum Gasteiger partial charge on any atom is 0.239 e. The van der Waals surface area contributed by atoms with Crippen molar-refractivity contribution in [3.63, 3.8) is 0 Å². The Labute approximate surface area is 272 Å². The number of aromatic hydroxyl groups is 1. The Morgan fingerprint density at radius 2 is 1.55 bits per heavy atom. The highest BCUT2D eigenvalue weighted by Crippen LogP contribution is 2.45. The Hall–Kier alpha value is -5.35. The summed E-state index contributed by atoms with van der Waals surface area (Å²) >= 11 is 0. The SMILES string of the molecule is C=CCCOc1cc(O)c2c(=O)c(OCCC=C)c(-c3ccc4c(c3)OC(c3ccc(OCCC=C)c(OC)c3)C(CO)O4)oc2c1. The molecule has 0 fully saturated rings. The number of phenolic OH excluding ortho intramolecular Hbond substituents is 1. The van der Waals surface area contributed by atoms with Crippen LogP contribution in [-0.4, -0.2) is 49.9 Å². The predicted molar refractivity (Wildman–Crippen MR) is 178 cm³/mol. The molecular formula is C37H38O10. The number of rotatable bonds is 16. The van der Waals surface area contributed by atoms with Gasteiger partial charge in [-0.3, -0.25) is 4.79 Å². The van der Waals surface area contributed by atoms with Crippen LogP contribution < -0.4 is 33.8 Å². The highest BCUT2D eigenvalue weighted by atomic mass is 16.6. The van der Waals surface area contributed by atoms with Crippen LogP contribution in [0.4, 0.5) is 0 Å². The second kappa shape index (κ2) is 15.3. The van der Waals surface area contributed by atoms with Gasteiger partial charge in [0, 0.05) is 23.3 Å². The molecule has 0 spiro atoms. The third-order valence-corrected chi connectivity index (χ3v) is 7.42. The zero-order chi connectivity index (χ0) is 33.3. The van der Waals surface area contributed by atoms with Crippen molar-refractivity contribution >= 4 is 11.0 Å². The molecule has 1 aliphatic heterocycles. The number of ether oxygens (including phenoxy) is 6. The lowest BCUT2D eigenvalue weighted by molar-refractivity contribution is -0.0123. The predicted octanol–water partition coefficient (Wildman–Crippen LogP) is 6.91. The number of aliphatic hydroxyl groups excluding tert-OH is 1. The summed E-state index contributed by atoms with van der Waals surface area (Å²) in [7, 11) is 1.55. The first kappa shape index (κ1) is 33.0. The van der Waals surface area contributed by atoms with Crippen LogP contribution in [0.1, 0.15) is 30.9 Å². The molecular weight excluding hydrogens is 604 g/mol.